The number of allylic oxidation sites excluding steroid dienone is 1. The molecule has 7 nitrogen and oxygen atoms in total. The molecule has 0 aliphatic carbocycles. The number of nitrogens with one attached hydrogen (secondary N) is 1. The number of amides is 1. The highest BCUT2D eigenvalue weighted by Gasteiger charge is 2.22. The quantitative estimate of drug-likeness (QED) is 0.823. The van der Waals surface area contributed by atoms with Crippen LogP contribution in [-0.4, -0.2) is 45.7 Å². The number of benzene rings is 1. The minimum Gasteiger partial charge on any atom is -0.490 e. The lowest BCUT2D eigenvalue weighted by molar-refractivity contribution is -0.130. The highest BCUT2D eigenvalue weighted by Crippen LogP contribution is 2.22. The Labute approximate surface area is 157 Å². The number of carbonyl (C=O) groups is 1. The van der Waals surface area contributed by atoms with Crippen molar-refractivity contribution in [3.63, 3.8) is 0 Å². The molecule has 7 heteroatoms. The van der Waals surface area contributed by atoms with Gasteiger partial charge in [-0.1, -0.05) is 13.2 Å². The second kappa shape index (κ2) is 7.99. The van der Waals surface area contributed by atoms with Crippen LogP contribution in [0.3, 0.4) is 0 Å². The largest absolute Gasteiger partial charge is 0.490 e. The van der Waals surface area contributed by atoms with E-state index in [2.05, 4.69) is 28.1 Å². The number of likely N-dealkylation sites (tertiary alicyclic amines) is 1. The molecular formula is C20H22N4O3. The molecule has 2 aromatic rings. The van der Waals surface area contributed by atoms with Crippen molar-refractivity contribution < 1.29 is 9.53 Å². The average Bonchev–Trinajstić information content (AvgIpc) is 2.67. The third-order valence-electron chi connectivity index (χ3n) is 4.53. The molecule has 2 heterocycles. The number of carbonyl (C=O) groups excluding carboxylic acids is 1. The number of aromatic amines is 1. The van der Waals surface area contributed by atoms with Crippen molar-refractivity contribution in [1.29, 1.82) is 0 Å². The summed E-state index contributed by atoms with van der Waals surface area (Å²) in [6, 6.07) is 5.25. The zero-order chi connectivity index (χ0) is 19.4. The van der Waals surface area contributed by atoms with Crippen molar-refractivity contribution in [3.05, 3.63) is 59.8 Å². The molecule has 0 unspecified atom stereocenters. The van der Waals surface area contributed by atoms with Crippen molar-refractivity contribution >= 4 is 22.5 Å². The van der Waals surface area contributed by atoms with Crippen LogP contribution in [0.1, 0.15) is 25.6 Å². The zero-order valence-electron chi connectivity index (χ0n) is 15.3. The van der Waals surface area contributed by atoms with Crippen LogP contribution in [0, 0.1) is 0 Å². The Balaban J connectivity index is 1.82. The number of hydrogen-bond donors (Lipinski definition) is 1. The number of aliphatic imine (C=N–C) groups is 1. The van der Waals surface area contributed by atoms with Gasteiger partial charge in [-0.3, -0.25) is 14.6 Å². The molecule has 1 aliphatic rings. The van der Waals surface area contributed by atoms with Gasteiger partial charge in [0.1, 0.15) is 17.6 Å². The van der Waals surface area contributed by atoms with Crippen LogP contribution in [0.2, 0.25) is 0 Å². The van der Waals surface area contributed by atoms with Crippen LogP contribution < -0.4 is 10.3 Å². The van der Waals surface area contributed by atoms with Gasteiger partial charge < -0.3 is 14.6 Å². The molecule has 1 amide bonds. The number of ether oxygens (including phenoxy) is 1. The molecule has 1 saturated heterocycles. The van der Waals surface area contributed by atoms with E-state index in [4.69, 9.17) is 4.74 Å². The molecule has 1 N–H and O–H groups in total. The molecule has 1 fully saturated rings. The monoisotopic (exact) mass is 366 g/mol. The van der Waals surface area contributed by atoms with Gasteiger partial charge in [-0.15, -0.1) is 0 Å². The van der Waals surface area contributed by atoms with Crippen molar-refractivity contribution in [2.45, 2.75) is 25.9 Å². The van der Waals surface area contributed by atoms with E-state index in [-0.39, 0.29) is 17.6 Å². The first-order valence-corrected chi connectivity index (χ1v) is 8.79. The van der Waals surface area contributed by atoms with E-state index >= 15 is 0 Å². The van der Waals surface area contributed by atoms with Gasteiger partial charge in [-0.05, 0) is 24.3 Å². The number of H-pyrrole nitrogens is 1. The lowest BCUT2D eigenvalue weighted by Crippen LogP contribution is -2.40. The van der Waals surface area contributed by atoms with Crippen LogP contribution in [0.4, 0.5) is 0 Å². The van der Waals surface area contributed by atoms with E-state index in [1.54, 1.807) is 25.1 Å². The molecule has 3 rings (SSSR count). The minimum absolute atomic E-state index is 0.0245. The summed E-state index contributed by atoms with van der Waals surface area (Å²) in [5.74, 6) is 1.05. The maximum absolute atomic E-state index is 12.5. The molecule has 0 bridgehead atoms. The molecule has 0 atom stereocenters. The zero-order valence-corrected chi connectivity index (χ0v) is 15.3. The second-order valence-electron chi connectivity index (χ2n) is 6.32. The Morgan fingerprint density at radius 3 is 2.74 bits per heavy atom. The summed E-state index contributed by atoms with van der Waals surface area (Å²) >= 11 is 0. The summed E-state index contributed by atoms with van der Waals surface area (Å²) in [4.78, 5) is 36.9. The van der Waals surface area contributed by atoms with Crippen molar-refractivity contribution in [3.8, 4) is 5.75 Å². The first-order chi connectivity index (χ1) is 13.0. The summed E-state index contributed by atoms with van der Waals surface area (Å²) < 4.78 is 6.01. The van der Waals surface area contributed by atoms with Gasteiger partial charge in [0, 0.05) is 39.1 Å². The van der Waals surface area contributed by atoms with Gasteiger partial charge in [-0.2, -0.15) is 0 Å². The summed E-state index contributed by atoms with van der Waals surface area (Å²) in [6.07, 6.45) is 4.45. The summed E-state index contributed by atoms with van der Waals surface area (Å²) in [7, 11) is 0. The minimum atomic E-state index is -0.273. The highest BCUT2D eigenvalue weighted by molar-refractivity contribution is 6.06. The fourth-order valence-electron chi connectivity index (χ4n) is 3.10. The molecule has 27 heavy (non-hydrogen) atoms. The van der Waals surface area contributed by atoms with Crippen molar-refractivity contribution in [2.24, 2.45) is 4.99 Å². The Bertz CT molecular complexity index is 969. The standard InChI is InChI=1S/C20H22N4O3/c1-4-17(21-5-2)19-22-18-7-6-15(12-16(18)20(26)23-19)27-14-8-10-24(11-9-14)13(3)25/h4-7,12,14H,1-2,8-11H2,3H3,(H,22,23,26). The van der Waals surface area contributed by atoms with E-state index in [9.17, 15) is 9.59 Å². The van der Waals surface area contributed by atoms with Gasteiger partial charge in [0.2, 0.25) is 5.91 Å². The molecule has 1 aliphatic heterocycles. The number of aromatic nitrogens is 2. The van der Waals surface area contributed by atoms with Crippen LogP contribution >= 0.6 is 0 Å². The normalized spacial score (nSPS) is 15.6. The predicted octanol–water partition coefficient (Wildman–Crippen LogP) is 2.43. The van der Waals surface area contributed by atoms with Gasteiger partial charge in [0.05, 0.1) is 10.9 Å². The lowest BCUT2D eigenvalue weighted by Gasteiger charge is -2.31. The van der Waals surface area contributed by atoms with E-state index in [0.717, 1.165) is 12.8 Å². The number of piperidine rings is 1. The highest BCUT2D eigenvalue weighted by atomic mass is 16.5. The van der Waals surface area contributed by atoms with E-state index in [1.165, 1.54) is 12.3 Å². The Hall–Kier alpha value is -3.22. The first-order valence-electron chi connectivity index (χ1n) is 8.79. The van der Waals surface area contributed by atoms with Gasteiger partial charge >= 0.3 is 0 Å². The third kappa shape index (κ3) is 4.13. The van der Waals surface area contributed by atoms with Crippen LogP contribution in [-0.2, 0) is 4.79 Å². The Morgan fingerprint density at radius 1 is 1.37 bits per heavy atom. The summed E-state index contributed by atoms with van der Waals surface area (Å²) in [6.45, 7) is 10.2. The van der Waals surface area contributed by atoms with E-state index in [0.29, 0.717) is 41.3 Å². The number of nitrogens with zero attached hydrogens (tertiary/aromatic N) is 3. The van der Waals surface area contributed by atoms with E-state index in [1.807, 2.05) is 4.90 Å². The van der Waals surface area contributed by atoms with Crippen LogP contribution in [0.5, 0.6) is 5.75 Å². The molecule has 0 saturated carbocycles. The Kier molecular flexibility index (Phi) is 5.49. The Morgan fingerprint density at radius 2 is 2.11 bits per heavy atom. The summed E-state index contributed by atoms with van der Waals surface area (Å²) in [5, 5.41) is 0.444. The predicted molar refractivity (Wildman–Crippen MR) is 105 cm³/mol. The maximum atomic E-state index is 12.5. The number of fused-ring (bicyclic) bond motifs is 1. The fourth-order valence-corrected chi connectivity index (χ4v) is 3.10. The van der Waals surface area contributed by atoms with Crippen molar-refractivity contribution in [1.82, 2.24) is 14.9 Å². The number of rotatable bonds is 5. The molecule has 1 aromatic heterocycles. The second-order valence-corrected chi connectivity index (χ2v) is 6.32. The van der Waals surface area contributed by atoms with Crippen molar-refractivity contribution in [2.75, 3.05) is 13.1 Å². The van der Waals surface area contributed by atoms with Gasteiger partial charge in [0.15, 0.2) is 5.82 Å². The van der Waals surface area contributed by atoms with Gasteiger partial charge in [-0.25, -0.2) is 4.98 Å². The lowest BCUT2D eigenvalue weighted by atomic mass is 10.1. The van der Waals surface area contributed by atoms with Crippen LogP contribution in [0.25, 0.3) is 10.9 Å². The molecule has 0 radical (unpaired) electrons. The topological polar surface area (TPSA) is 87.7 Å². The smallest absolute Gasteiger partial charge is 0.259 e. The average molecular weight is 366 g/mol. The number of hydrogen-bond acceptors (Lipinski definition) is 5. The molecule has 0 spiro atoms. The molecule has 140 valence electrons. The third-order valence-corrected chi connectivity index (χ3v) is 4.53. The van der Waals surface area contributed by atoms with Gasteiger partial charge in [0.25, 0.3) is 5.56 Å². The SMILES string of the molecule is C=CN=C(C=C)c1nc2ccc(OC3CCN(C(C)=O)CC3)cc2c(=O)[nH]1. The van der Waals surface area contributed by atoms with Crippen LogP contribution in [0.15, 0.2) is 53.4 Å². The summed E-state index contributed by atoms with van der Waals surface area (Å²) in [5.41, 5.74) is 0.720. The fraction of sp³-hybridized carbons (Fsp3) is 0.300. The molecular weight excluding hydrogens is 344 g/mol. The van der Waals surface area contributed by atoms with E-state index < -0.39 is 0 Å². The molecule has 1 aromatic carbocycles. The first kappa shape index (κ1) is 18.6. The maximum Gasteiger partial charge on any atom is 0.259 e.